The van der Waals surface area contributed by atoms with Crippen LogP contribution in [0.25, 0.3) is 0 Å². The molecule has 4 atom stereocenters. The minimum absolute atomic E-state index is 0. The van der Waals surface area contributed by atoms with Crippen molar-refractivity contribution in [3.63, 3.8) is 0 Å². The number of carboxylic acids is 2. The van der Waals surface area contributed by atoms with E-state index in [1.165, 1.54) is 0 Å². The molecule has 22 heavy (non-hydrogen) atoms. The normalized spacial score (nSPS) is 30.0. The summed E-state index contributed by atoms with van der Waals surface area (Å²) in [7, 11) is -1.93. The van der Waals surface area contributed by atoms with Crippen LogP contribution in [0, 0.1) is 23.7 Å². The average Bonchev–Trinajstić information content (AvgIpc) is 2.40. The van der Waals surface area contributed by atoms with Gasteiger partial charge >= 0.3 is 0 Å². The van der Waals surface area contributed by atoms with Gasteiger partial charge < -0.3 is 15.0 Å². The van der Waals surface area contributed by atoms with Crippen LogP contribution in [0.1, 0.15) is 41.5 Å². The molecule has 0 aliphatic heterocycles. The van der Waals surface area contributed by atoms with E-state index in [0.717, 1.165) is 25.7 Å². The summed E-state index contributed by atoms with van der Waals surface area (Å²) in [5, 5.41) is 14.8. The Balaban J connectivity index is -0.000000338. The van der Waals surface area contributed by atoms with Crippen molar-refractivity contribution in [3.8, 4) is 0 Å². The van der Waals surface area contributed by atoms with Crippen molar-refractivity contribution in [1.29, 1.82) is 0 Å². The van der Waals surface area contributed by atoms with E-state index in [-0.39, 0.29) is 26.2 Å². The Morgan fingerprint density at radius 2 is 0.955 bits per heavy atom. The summed E-state index contributed by atoms with van der Waals surface area (Å²) in [5.74, 6) is 1.30. The molecular formula is C15H32O5SiZr. The van der Waals surface area contributed by atoms with E-state index in [9.17, 15) is 4.80 Å². The van der Waals surface area contributed by atoms with Gasteiger partial charge in [-0.1, -0.05) is 27.7 Å². The SMILES string of the molecule is CC(=O)O.CC(=O)O.CC1C(C)C(C)C([Si](C)(C)O)C1C.[Zr]. The van der Waals surface area contributed by atoms with Gasteiger partial charge in [-0.25, -0.2) is 0 Å². The molecule has 0 aromatic rings. The Bertz CT molecular complexity index is 309. The number of aliphatic carboxylic acids is 2. The van der Waals surface area contributed by atoms with Crippen molar-refractivity contribution in [1.82, 2.24) is 0 Å². The molecule has 5 nitrogen and oxygen atoms in total. The molecule has 1 fully saturated rings. The van der Waals surface area contributed by atoms with Crippen LogP contribution in [0.15, 0.2) is 0 Å². The number of rotatable bonds is 1. The Kier molecular flexibility index (Phi) is 14.1. The van der Waals surface area contributed by atoms with Crippen molar-refractivity contribution < 1.29 is 50.8 Å². The summed E-state index contributed by atoms with van der Waals surface area (Å²) in [5.41, 5.74) is 0.595. The van der Waals surface area contributed by atoms with Crippen LogP contribution in [0.2, 0.25) is 18.6 Å². The standard InChI is InChI=1S/C11H24OSi.2C2H4O2.Zr/c1-7-8(2)10(4)11(9(7)3)13(5,6)12;2*1-2(3)4;/h7-12H,1-6H3;2*1H3,(H,3,4);. The molecule has 1 aliphatic rings. The van der Waals surface area contributed by atoms with Crippen LogP contribution < -0.4 is 0 Å². The van der Waals surface area contributed by atoms with E-state index >= 15 is 0 Å². The Morgan fingerprint density at radius 1 is 0.773 bits per heavy atom. The third kappa shape index (κ3) is 10.7. The molecule has 1 rings (SSSR count). The Hall–Kier alpha value is -0.000000000000000222. The average molecular weight is 412 g/mol. The molecule has 130 valence electrons. The molecule has 0 bridgehead atoms. The Morgan fingerprint density at radius 3 is 1.05 bits per heavy atom. The maximum absolute atomic E-state index is 10.2. The predicted octanol–water partition coefficient (Wildman–Crippen LogP) is 3.29. The van der Waals surface area contributed by atoms with Crippen LogP contribution in [-0.4, -0.2) is 35.3 Å². The predicted molar refractivity (Wildman–Crippen MR) is 86.7 cm³/mol. The molecule has 0 aromatic carbocycles. The first-order chi connectivity index (χ1) is 9.23. The van der Waals surface area contributed by atoms with Gasteiger partial charge in [0.05, 0.1) is 0 Å². The minimum Gasteiger partial charge on any atom is -0.481 e. The molecular weight excluding hydrogens is 379 g/mol. The molecule has 1 saturated carbocycles. The fourth-order valence-corrected chi connectivity index (χ4v) is 6.56. The fraction of sp³-hybridized carbons (Fsp3) is 0.867. The first-order valence-corrected chi connectivity index (χ1v) is 10.4. The van der Waals surface area contributed by atoms with Gasteiger partial charge in [-0.3, -0.25) is 9.59 Å². The van der Waals surface area contributed by atoms with Gasteiger partial charge in [0, 0.05) is 40.1 Å². The van der Waals surface area contributed by atoms with Gasteiger partial charge in [0.1, 0.15) is 0 Å². The van der Waals surface area contributed by atoms with Crippen molar-refractivity contribution in [2.45, 2.75) is 60.2 Å². The molecule has 3 N–H and O–H groups in total. The van der Waals surface area contributed by atoms with Gasteiger partial charge in [-0.05, 0) is 42.3 Å². The largest absolute Gasteiger partial charge is 0.481 e. The summed E-state index contributed by atoms with van der Waals surface area (Å²) in [6.45, 7) is 15.7. The zero-order chi connectivity index (χ0) is 17.5. The second-order valence-corrected chi connectivity index (χ2v) is 10.6. The fourth-order valence-electron chi connectivity index (χ4n) is 3.38. The maximum Gasteiger partial charge on any atom is 0.300 e. The molecule has 4 unspecified atom stereocenters. The van der Waals surface area contributed by atoms with Gasteiger partial charge in [-0.2, -0.15) is 0 Å². The van der Waals surface area contributed by atoms with Crippen LogP contribution in [0.3, 0.4) is 0 Å². The number of hydrogen-bond acceptors (Lipinski definition) is 3. The van der Waals surface area contributed by atoms with Crippen LogP contribution in [-0.2, 0) is 35.8 Å². The first kappa shape index (κ1) is 26.9. The summed E-state index contributed by atoms with van der Waals surface area (Å²) < 4.78 is 0. The summed E-state index contributed by atoms with van der Waals surface area (Å²) in [4.78, 5) is 28.2. The molecule has 1 aliphatic carbocycles. The number of hydrogen-bond donors (Lipinski definition) is 3. The zero-order valence-electron chi connectivity index (χ0n) is 15.0. The van der Waals surface area contributed by atoms with Crippen molar-refractivity contribution in [2.75, 3.05) is 0 Å². The third-order valence-corrected chi connectivity index (χ3v) is 7.12. The number of carboxylic acid groups (broad SMARTS) is 2. The summed E-state index contributed by atoms with van der Waals surface area (Å²) >= 11 is 0. The van der Waals surface area contributed by atoms with E-state index in [0.29, 0.717) is 17.4 Å². The molecule has 0 heterocycles. The van der Waals surface area contributed by atoms with E-state index in [1.807, 2.05) is 0 Å². The topological polar surface area (TPSA) is 94.8 Å². The first-order valence-electron chi connectivity index (χ1n) is 7.34. The van der Waals surface area contributed by atoms with Gasteiger partial charge in [-0.15, -0.1) is 0 Å². The number of carbonyl (C=O) groups is 2. The third-order valence-electron chi connectivity index (χ3n) is 4.44. The second kappa shape index (κ2) is 11.5. The van der Waals surface area contributed by atoms with Crippen molar-refractivity contribution in [3.05, 3.63) is 0 Å². The van der Waals surface area contributed by atoms with Crippen LogP contribution >= 0.6 is 0 Å². The smallest absolute Gasteiger partial charge is 0.300 e. The van der Waals surface area contributed by atoms with Gasteiger partial charge in [0.25, 0.3) is 11.9 Å². The molecule has 7 heteroatoms. The van der Waals surface area contributed by atoms with E-state index < -0.39 is 20.3 Å². The molecule has 0 spiro atoms. The molecule has 0 saturated heterocycles. The van der Waals surface area contributed by atoms with Crippen LogP contribution in [0.5, 0.6) is 0 Å². The zero-order valence-corrected chi connectivity index (χ0v) is 18.5. The van der Waals surface area contributed by atoms with E-state index in [4.69, 9.17) is 19.8 Å². The summed E-state index contributed by atoms with van der Waals surface area (Å²) in [6.07, 6.45) is 0. The minimum atomic E-state index is -1.93. The van der Waals surface area contributed by atoms with Crippen LogP contribution in [0.4, 0.5) is 0 Å². The van der Waals surface area contributed by atoms with Crippen molar-refractivity contribution in [2.24, 2.45) is 23.7 Å². The quantitative estimate of drug-likeness (QED) is 0.576. The van der Waals surface area contributed by atoms with Crippen molar-refractivity contribution >= 4 is 20.3 Å². The van der Waals surface area contributed by atoms with Gasteiger partial charge in [0.2, 0.25) is 0 Å². The molecule has 0 aromatic heterocycles. The Labute approximate surface area is 154 Å². The summed E-state index contributed by atoms with van der Waals surface area (Å²) in [6, 6.07) is 0. The van der Waals surface area contributed by atoms with E-state index in [2.05, 4.69) is 40.8 Å². The van der Waals surface area contributed by atoms with Gasteiger partial charge in [0.15, 0.2) is 8.32 Å². The maximum atomic E-state index is 10.2. The molecule has 0 radical (unpaired) electrons. The van der Waals surface area contributed by atoms with E-state index in [1.54, 1.807) is 0 Å². The monoisotopic (exact) mass is 410 g/mol. The molecule has 0 amide bonds. The second-order valence-electron chi connectivity index (χ2n) is 6.65.